The summed E-state index contributed by atoms with van der Waals surface area (Å²) < 4.78 is 0. The van der Waals surface area contributed by atoms with Crippen LogP contribution < -0.4 is 0 Å². The van der Waals surface area contributed by atoms with E-state index in [1.54, 1.807) is 30.6 Å². The largest absolute Gasteiger partial charge is 0.478 e. The molecule has 0 fully saturated rings. The Morgan fingerprint density at radius 2 is 1.88 bits per heavy atom. The van der Waals surface area contributed by atoms with Crippen molar-refractivity contribution < 1.29 is 19.8 Å². The lowest BCUT2D eigenvalue weighted by Crippen LogP contribution is -2.42. The van der Waals surface area contributed by atoms with Crippen LogP contribution in [0.5, 0.6) is 0 Å². The minimum absolute atomic E-state index is 0.0496. The zero-order valence-electron chi connectivity index (χ0n) is 13.4. The van der Waals surface area contributed by atoms with Gasteiger partial charge in [0.2, 0.25) is 0 Å². The number of carboxylic acids is 1. The second-order valence-electron chi connectivity index (χ2n) is 5.39. The molecule has 0 saturated carbocycles. The molecule has 2 aromatic rings. The zero-order chi connectivity index (χ0) is 17.5. The smallest absolute Gasteiger partial charge is 0.336 e. The highest BCUT2D eigenvalue weighted by Crippen LogP contribution is 2.18. The maximum atomic E-state index is 13.0. The molecule has 1 atom stereocenters. The van der Waals surface area contributed by atoms with Gasteiger partial charge in [-0.3, -0.25) is 9.78 Å². The van der Waals surface area contributed by atoms with Crippen LogP contribution in [0.1, 0.15) is 39.6 Å². The van der Waals surface area contributed by atoms with Gasteiger partial charge in [0, 0.05) is 18.9 Å². The maximum Gasteiger partial charge on any atom is 0.336 e. The summed E-state index contributed by atoms with van der Waals surface area (Å²) in [4.78, 5) is 29.9. The minimum Gasteiger partial charge on any atom is -0.478 e. The lowest BCUT2D eigenvalue weighted by Gasteiger charge is -2.30. The van der Waals surface area contributed by atoms with Crippen molar-refractivity contribution in [2.75, 3.05) is 6.61 Å². The molecule has 1 aromatic carbocycles. The topological polar surface area (TPSA) is 90.7 Å². The molecule has 1 unspecified atom stereocenters. The third kappa shape index (κ3) is 3.97. The summed E-state index contributed by atoms with van der Waals surface area (Å²) in [7, 11) is 0. The van der Waals surface area contributed by atoms with Crippen LogP contribution in [0.15, 0.2) is 48.8 Å². The predicted octanol–water partition coefficient (Wildman–Crippen LogP) is 2.19. The molecule has 0 radical (unpaired) electrons. The second-order valence-corrected chi connectivity index (χ2v) is 5.39. The van der Waals surface area contributed by atoms with Crippen LogP contribution in [0, 0.1) is 0 Å². The Hall–Kier alpha value is -2.73. The Labute approximate surface area is 140 Å². The number of aromatic carboxylic acids is 1. The summed E-state index contributed by atoms with van der Waals surface area (Å²) >= 11 is 0. The van der Waals surface area contributed by atoms with E-state index in [0.29, 0.717) is 6.42 Å². The molecule has 1 aromatic heterocycles. The third-order valence-electron chi connectivity index (χ3n) is 3.85. The number of carbonyl (C=O) groups excluding carboxylic acids is 1. The number of carbonyl (C=O) groups is 2. The molecule has 1 heterocycles. The molecule has 0 aliphatic carbocycles. The van der Waals surface area contributed by atoms with E-state index in [-0.39, 0.29) is 24.3 Å². The van der Waals surface area contributed by atoms with Crippen molar-refractivity contribution in [3.63, 3.8) is 0 Å². The number of aromatic nitrogens is 1. The van der Waals surface area contributed by atoms with Crippen LogP contribution in [0.4, 0.5) is 0 Å². The Morgan fingerprint density at radius 3 is 2.42 bits per heavy atom. The van der Waals surface area contributed by atoms with E-state index in [0.717, 1.165) is 5.56 Å². The maximum absolute atomic E-state index is 13.0. The molecule has 24 heavy (non-hydrogen) atoms. The standard InChI is InChI=1S/C18H20N2O4/c1-2-14(12-21)20(11-13-6-5-9-19-10-13)17(22)15-7-3-4-8-16(15)18(23)24/h3-10,14,21H,2,11-12H2,1H3,(H,23,24). The highest BCUT2D eigenvalue weighted by molar-refractivity contribution is 6.04. The Kier molecular flexibility index (Phi) is 6.03. The molecule has 0 aliphatic heterocycles. The van der Waals surface area contributed by atoms with Gasteiger partial charge in [0.05, 0.1) is 23.8 Å². The third-order valence-corrected chi connectivity index (χ3v) is 3.85. The van der Waals surface area contributed by atoms with Gasteiger partial charge in [-0.15, -0.1) is 0 Å². The van der Waals surface area contributed by atoms with Crippen LogP contribution >= 0.6 is 0 Å². The van der Waals surface area contributed by atoms with E-state index in [1.807, 2.05) is 13.0 Å². The zero-order valence-corrected chi connectivity index (χ0v) is 13.4. The van der Waals surface area contributed by atoms with Gasteiger partial charge >= 0.3 is 5.97 Å². The average molecular weight is 328 g/mol. The molecule has 2 rings (SSSR count). The molecule has 0 saturated heterocycles. The number of hydrogen-bond donors (Lipinski definition) is 2. The van der Waals surface area contributed by atoms with Gasteiger partial charge in [-0.05, 0) is 30.2 Å². The van der Waals surface area contributed by atoms with Gasteiger partial charge in [-0.25, -0.2) is 4.79 Å². The van der Waals surface area contributed by atoms with Gasteiger partial charge in [0.25, 0.3) is 5.91 Å². The molecule has 6 heteroatoms. The number of aliphatic hydroxyl groups is 1. The number of carboxylic acid groups (broad SMARTS) is 1. The molecule has 0 aliphatic rings. The lowest BCUT2D eigenvalue weighted by molar-refractivity contribution is 0.0552. The molecule has 126 valence electrons. The SMILES string of the molecule is CCC(CO)N(Cc1cccnc1)C(=O)c1ccccc1C(=O)O. The number of amides is 1. The monoisotopic (exact) mass is 328 g/mol. The van der Waals surface area contributed by atoms with E-state index < -0.39 is 17.9 Å². The molecular formula is C18H20N2O4. The summed E-state index contributed by atoms with van der Waals surface area (Å²) in [6.07, 6.45) is 3.84. The Balaban J connectivity index is 2.39. The van der Waals surface area contributed by atoms with Crippen molar-refractivity contribution in [2.24, 2.45) is 0 Å². The first-order chi connectivity index (χ1) is 11.6. The molecule has 0 spiro atoms. The van der Waals surface area contributed by atoms with Gasteiger partial charge in [0.15, 0.2) is 0 Å². The number of pyridine rings is 1. The van der Waals surface area contributed by atoms with Gasteiger partial charge < -0.3 is 15.1 Å². The fourth-order valence-corrected chi connectivity index (χ4v) is 2.51. The molecule has 6 nitrogen and oxygen atoms in total. The Morgan fingerprint density at radius 1 is 1.17 bits per heavy atom. The van der Waals surface area contributed by atoms with Crippen LogP contribution in [0.3, 0.4) is 0 Å². The molecule has 0 bridgehead atoms. The van der Waals surface area contributed by atoms with Crippen molar-refractivity contribution in [1.82, 2.24) is 9.88 Å². The van der Waals surface area contributed by atoms with E-state index in [2.05, 4.69) is 4.98 Å². The highest BCUT2D eigenvalue weighted by atomic mass is 16.4. The Bertz CT molecular complexity index is 699. The average Bonchev–Trinajstić information content (AvgIpc) is 2.62. The van der Waals surface area contributed by atoms with Crippen molar-refractivity contribution in [2.45, 2.75) is 25.9 Å². The highest BCUT2D eigenvalue weighted by Gasteiger charge is 2.26. The number of aliphatic hydroxyl groups excluding tert-OH is 1. The second kappa shape index (κ2) is 8.21. The quantitative estimate of drug-likeness (QED) is 0.813. The lowest BCUT2D eigenvalue weighted by atomic mass is 10.0. The van der Waals surface area contributed by atoms with Gasteiger partial charge in [0.1, 0.15) is 0 Å². The van der Waals surface area contributed by atoms with Crippen LogP contribution in [0.25, 0.3) is 0 Å². The fourth-order valence-electron chi connectivity index (χ4n) is 2.51. The number of rotatable bonds is 7. The predicted molar refractivity (Wildman–Crippen MR) is 88.7 cm³/mol. The van der Waals surface area contributed by atoms with E-state index in [4.69, 9.17) is 0 Å². The van der Waals surface area contributed by atoms with Crippen LogP contribution in [0.2, 0.25) is 0 Å². The molecule has 2 N–H and O–H groups in total. The number of benzene rings is 1. The van der Waals surface area contributed by atoms with Crippen LogP contribution in [-0.2, 0) is 6.54 Å². The molecule has 1 amide bonds. The summed E-state index contributed by atoms with van der Waals surface area (Å²) in [6, 6.07) is 9.30. The fraction of sp³-hybridized carbons (Fsp3) is 0.278. The minimum atomic E-state index is -1.16. The van der Waals surface area contributed by atoms with E-state index in [9.17, 15) is 19.8 Å². The van der Waals surface area contributed by atoms with Crippen molar-refractivity contribution >= 4 is 11.9 Å². The van der Waals surface area contributed by atoms with Crippen LogP contribution in [-0.4, -0.2) is 44.6 Å². The van der Waals surface area contributed by atoms with Gasteiger partial charge in [-0.2, -0.15) is 0 Å². The first-order valence-corrected chi connectivity index (χ1v) is 7.71. The summed E-state index contributed by atoms with van der Waals surface area (Å²) in [5.41, 5.74) is 0.873. The summed E-state index contributed by atoms with van der Waals surface area (Å²) in [6.45, 7) is 1.92. The van der Waals surface area contributed by atoms with Gasteiger partial charge in [-0.1, -0.05) is 25.1 Å². The first kappa shape index (κ1) is 17.6. The van der Waals surface area contributed by atoms with Crippen molar-refractivity contribution in [1.29, 1.82) is 0 Å². The number of nitrogens with zero attached hydrogens (tertiary/aromatic N) is 2. The van der Waals surface area contributed by atoms with E-state index in [1.165, 1.54) is 17.0 Å². The molecular weight excluding hydrogens is 308 g/mol. The first-order valence-electron chi connectivity index (χ1n) is 7.71. The number of hydrogen-bond acceptors (Lipinski definition) is 4. The summed E-state index contributed by atoms with van der Waals surface area (Å²) in [5.74, 6) is -1.57. The normalized spacial score (nSPS) is 11.8. The van der Waals surface area contributed by atoms with Crippen molar-refractivity contribution in [3.8, 4) is 0 Å². The van der Waals surface area contributed by atoms with Crippen molar-refractivity contribution in [3.05, 3.63) is 65.5 Å². The summed E-state index contributed by atoms with van der Waals surface area (Å²) in [5, 5.41) is 18.9. The van der Waals surface area contributed by atoms with E-state index >= 15 is 0 Å².